The van der Waals surface area contributed by atoms with Crippen LogP contribution in [0, 0.1) is 6.92 Å². The summed E-state index contributed by atoms with van der Waals surface area (Å²) in [6, 6.07) is 25.0. The SMILES string of the molecule is COCc1nc2ccccc2c(C)c1C(=O)OCC(=O)Nc1ccc(-c2ccccc2)cc1. The van der Waals surface area contributed by atoms with Crippen molar-refractivity contribution in [2.45, 2.75) is 13.5 Å². The number of aryl methyl sites for hydroxylation is 1. The number of fused-ring (bicyclic) bond motifs is 1. The number of anilines is 1. The van der Waals surface area contributed by atoms with Gasteiger partial charge in [0.15, 0.2) is 6.61 Å². The van der Waals surface area contributed by atoms with E-state index < -0.39 is 18.5 Å². The van der Waals surface area contributed by atoms with Gasteiger partial charge in [-0.25, -0.2) is 9.78 Å². The fourth-order valence-corrected chi connectivity index (χ4v) is 3.73. The van der Waals surface area contributed by atoms with E-state index in [-0.39, 0.29) is 6.61 Å². The molecule has 0 aliphatic rings. The van der Waals surface area contributed by atoms with Gasteiger partial charge in [0.1, 0.15) is 0 Å². The lowest BCUT2D eigenvalue weighted by Gasteiger charge is -2.14. The standard InChI is InChI=1S/C27H24N2O4/c1-18-22-10-6-7-11-23(22)29-24(16-32-2)26(18)27(31)33-17-25(30)28-21-14-12-20(13-15-21)19-8-4-3-5-9-19/h3-15H,16-17H2,1-2H3,(H,28,30). The van der Waals surface area contributed by atoms with Crippen LogP contribution >= 0.6 is 0 Å². The molecule has 0 saturated carbocycles. The summed E-state index contributed by atoms with van der Waals surface area (Å²) in [6.07, 6.45) is 0. The van der Waals surface area contributed by atoms with Crippen molar-refractivity contribution in [3.05, 3.63) is 95.7 Å². The molecule has 0 unspecified atom stereocenters. The predicted octanol–water partition coefficient (Wildman–Crippen LogP) is 5.15. The summed E-state index contributed by atoms with van der Waals surface area (Å²) < 4.78 is 10.5. The van der Waals surface area contributed by atoms with Crippen molar-refractivity contribution >= 4 is 28.5 Å². The van der Waals surface area contributed by atoms with E-state index >= 15 is 0 Å². The fraction of sp³-hybridized carbons (Fsp3) is 0.148. The van der Waals surface area contributed by atoms with Crippen molar-refractivity contribution in [1.82, 2.24) is 4.98 Å². The van der Waals surface area contributed by atoms with E-state index in [0.717, 1.165) is 27.6 Å². The number of benzene rings is 3. The molecule has 0 aliphatic carbocycles. The fourth-order valence-electron chi connectivity index (χ4n) is 3.73. The molecule has 1 aromatic heterocycles. The van der Waals surface area contributed by atoms with Crippen molar-refractivity contribution in [2.24, 2.45) is 0 Å². The van der Waals surface area contributed by atoms with Gasteiger partial charge in [-0.15, -0.1) is 0 Å². The first-order valence-corrected chi connectivity index (χ1v) is 10.6. The van der Waals surface area contributed by atoms with E-state index in [1.165, 1.54) is 7.11 Å². The molecule has 0 fully saturated rings. The summed E-state index contributed by atoms with van der Waals surface area (Å²) in [5, 5.41) is 3.61. The number of amides is 1. The third-order valence-electron chi connectivity index (χ3n) is 5.32. The van der Waals surface area contributed by atoms with Crippen LogP contribution in [0.15, 0.2) is 78.9 Å². The lowest BCUT2D eigenvalue weighted by atomic mass is 10.0. The van der Waals surface area contributed by atoms with Crippen molar-refractivity contribution in [3.63, 3.8) is 0 Å². The summed E-state index contributed by atoms with van der Waals surface area (Å²) >= 11 is 0. The first-order valence-electron chi connectivity index (χ1n) is 10.6. The molecular formula is C27H24N2O4. The molecule has 1 heterocycles. The molecule has 0 atom stereocenters. The van der Waals surface area contributed by atoms with Crippen molar-refractivity contribution in [3.8, 4) is 11.1 Å². The topological polar surface area (TPSA) is 77.5 Å². The number of nitrogens with one attached hydrogen (secondary N) is 1. The second-order valence-corrected chi connectivity index (χ2v) is 7.58. The van der Waals surface area contributed by atoms with E-state index in [0.29, 0.717) is 16.9 Å². The molecule has 4 aromatic rings. The zero-order valence-corrected chi connectivity index (χ0v) is 18.5. The zero-order chi connectivity index (χ0) is 23.2. The van der Waals surface area contributed by atoms with Crippen molar-refractivity contribution in [2.75, 3.05) is 19.0 Å². The second-order valence-electron chi connectivity index (χ2n) is 7.58. The Morgan fingerprint density at radius 1 is 0.879 bits per heavy atom. The van der Waals surface area contributed by atoms with E-state index in [1.54, 1.807) is 0 Å². The molecule has 3 aromatic carbocycles. The highest BCUT2D eigenvalue weighted by molar-refractivity contribution is 6.00. The van der Waals surface area contributed by atoms with Crippen molar-refractivity contribution < 1.29 is 19.1 Å². The average molecular weight is 440 g/mol. The molecule has 0 radical (unpaired) electrons. The summed E-state index contributed by atoms with van der Waals surface area (Å²) in [4.78, 5) is 29.8. The molecule has 33 heavy (non-hydrogen) atoms. The van der Waals surface area contributed by atoms with E-state index in [9.17, 15) is 9.59 Å². The van der Waals surface area contributed by atoms with E-state index in [1.807, 2.05) is 85.8 Å². The van der Waals surface area contributed by atoms with Crippen molar-refractivity contribution in [1.29, 1.82) is 0 Å². The minimum atomic E-state index is -0.604. The maximum atomic E-state index is 12.9. The van der Waals surface area contributed by atoms with Crippen LogP contribution in [0.2, 0.25) is 0 Å². The zero-order valence-electron chi connectivity index (χ0n) is 18.5. The van der Waals surface area contributed by atoms with Gasteiger partial charge in [0.25, 0.3) is 5.91 Å². The summed E-state index contributed by atoms with van der Waals surface area (Å²) in [5.41, 5.74) is 5.09. The number of para-hydroxylation sites is 1. The highest BCUT2D eigenvalue weighted by Crippen LogP contribution is 2.24. The van der Waals surface area contributed by atoms with E-state index in [4.69, 9.17) is 9.47 Å². The molecule has 4 rings (SSSR count). The van der Waals surface area contributed by atoms with Crippen LogP contribution in [0.1, 0.15) is 21.6 Å². The lowest BCUT2D eigenvalue weighted by Crippen LogP contribution is -2.22. The van der Waals surface area contributed by atoms with Crippen LogP contribution in [0.25, 0.3) is 22.0 Å². The largest absolute Gasteiger partial charge is 0.452 e. The Labute approximate surface area is 192 Å². The number of hydrogen-bond donors (Lipinski definition) is 1. The van der Waals surface area contributed by atoms with Gasteiger partial charge >= 0.3 is 5.97 Å². The van der Waals surface area contributed by atoms with Crippen LogP contribution in [-0.4, -0.2) is 30.6 Å². The van der Waals surface area contributed by atoms with Crippen LogP contribution in [0.3, 0.4) is 0 Å². The number of aromatic nitrogens is 1. The number of rotatable bonds is 7. The van der Waals surface area contributed by atoms with Crippen LogP contribution < -0.4 is 5.32 Å². The number of methoxy groups -OCH3 is 1. The number of carbonyl (C=O) groups excluding carboxylic acids is 2. The van der Waals surface area contributed by atoms with Gasteiger partial charge in [0, 0.05) is 18.2 Å². The van der Waals surface area contributed by atoms with Gasteiger partial charge in [-0.2, -0.15) is 0 Å². The molecule has 6 nitrogen and oxygen atoms in total. The molecule has 0 aliphatic heterocycles. The quantitative estimate of drug-likeness (QED) is 0.402. The Kier molecular flexibility index (Phi) is 6.76. The van der Waals surface area contributed by atoms with Crippen LogP contribution in [0.5, 0.6) is 0 Å². The van der Waals surface area contributed by atoms with Crippen LogP contribution in [-0.2, 0) is 20.9 Å². The third-order valence-corrected chi connectivity index (χ3v) is 5.32. The van der Waals surface area contributed by atoms with Gasteiger partial charge in [-0.3, -0.25) is 4.79 Å². The normalized spacial score (nSPS) is 10.7. The number of carbonyl (C=O) groups is 2. The summed E-state index contributed by atoms with van der Waals surface area (Å²) in [5.74, 6) is -1.03. The maximum absolute atomic E-state index is 12.9. The first kappa shape index (κ1) is 22.2. The molecule has 1 amide bonds. The summed E-state index contributed by atoms with van der Waals surface area (Å²) in [7, 11) is 1.54. The molecule has 6 heteroatoms. The smallest absolute Gasteiger partial charge is 0.340 e. The van der Waals surface area contributed by atoms with Gasteiger partial charge < -0.3 is 14.8 Å². The Balaban J connectivity index is 1.43. The third kappa shape index (κ3) is 5.07. The number of ether oxygens (including phenoxy) is 2. The Morgan fingerprint density at radius 2 is 1.55 bits per heavy atom. The van der Waals surface area contributed by atoms with Gasteiger partial charge in [0.2, 0.25) is 0 Å². The second kappa shape index (κ2) is 10.1. The Morgan fingerprint density at radius 3 is 2.27 bits per heavy atom. The highest BCUT2D eigenvalue weighted by atomic mass is 16.5. The summed E-state index contributed by atoms with van der Waals surface area (Å²) in [6.45, 7) is 1.60. The highest BCUT2D eigenvalue weighted by Gasteiger charge is 2.21. The minimum Gasteiger partial charge on any atom is -0.452 e. The molecular weight excluding hydrogens is 416 g/mol. The number of esters is 1. The number of pyridine rings is 1. The molecule has 0 saturated heterocycles. The predicted molar refractivity (Wildman–Crippen MR) is 128 cm³/mol. The first-order chi connectivity index (χ1) is 16.1. The monoisotopic (exact) mass is 440 g/mol. The van der Waals surface area contributed by atoms with Gasteiger partial charge in [0.05, 0.1) is 23.4 Å². The lowest BCUT2D eigenvalue weighted by molar-refractivity contribution is -0.119. The molecule has 166 valence electrons. The Bertz CT molecular complexity index is 1290. The van der Waals surface area contributed by atoms with E-state index in [2.05, 4.69) is 10.3 Å². The maximum Gasteiger partial charge on any atom is 0.340 e. The van der Waals surface area contributed by atoms with Gasteiger partial charge in [-0.1, -0.05) is 60.7 Å². The molecule has 0 spiro atoms. The average Bonchev–Trinajstić information content (AvgIpc) is 2.84. The number of nitrogens with zero attached hydrogens (tertiary/aromatic N) is 1. The molecule has 1 N–H and O–H groups in total. The van der Waals surface area contributed by atoms with Gasteiger partial charge in [-0.05, 0) is 41.8 Å². The Hall–Kier alpha value is -4.03. The number of hydrogen-bond acceptors (Lipinski definition) is 5. The molecule has 0 bridgehead atoms. The minimum absolute atomic E-state index is 0.163. The van der Waals surface area contributed by atoms with Crippen LogP contribution in [0.4, 0.5) is 5.69 Å².